The maximum atomic E-state index is 11.1. The molecule has 2 bridgehead atoms. The first kappa shape index (κ1) is 8.68. The third-order valence-corrected chi connectivity index (χ3v) is 3.84. The number of aliphatic hydroxyl groups is 1. The molecule has 0 radical (unpaired) electrons. The first-order valence-electron chi connectivity index (χ1n) is 5.14. The van der Waals surface area contributed by atoms with Gasteiger partial charge in [0.15, 0.2) is 0 Å². The van der Waals surface area contributed by atoms with Crippen molar-refractivity contribution in [1.82, 2.24) is 0 Å². The molecule has 3 aliphatic rings. The van der Waals surface area contributed by atoms with E-state index < -0.39 is 11.4 Å². The van der Waals surface area contributed by atoms with E-state index >= 15 is 0 Å². The molecule has 3 heterocycles. The molecule has 0 aromatic rings. The van der Waals surface area contributed by atoms with Gasteiger partial charge in [0.2, 0.25) is 5.79 Å². The number of esters is 1. The van der Waals surface area contributed by atoms with Crippen molar-refractivity contribution >= 4 is 5.97 Å². The summed E-state index contributed by atoms with van der Waals surface area (Å²) in [6, 6.07) is 0. The summed E-state index contributed by atoms with van der Waals surface area (Å²) < 4.78 is 11.0. The van der Waals surface area contributed by atoms with Gasteiger partial charge < -0.3 is 14.6 Å². The monoisotopic (exact) mass is 198 g/mol. The largest absolute Gasteiger partial charge is 0.433 e. The lowest BCUT2D eigenvalue weighted by Crippen LogP contribution is -2.48. The predicted molar refractivity (Wildman–Crippen MR) is 46.3 cm³/mol. The summed E-state index contributed by atoms with van der Waals surface area (Å²) >= 11 is 0. The van der Waals surface area contributed by atoms with Crippen molar-refractivity contribution in [2.75, 3.05) is 0 Å². The summed E-state index contributed by atoms with van der Waals surface area (Å²) in [5, 5.41) is 10.0. The topological polar surface area (TPSA) is 55.8 Å². The second kappa shape index (κ2) is 2.31. The molecule has 3 saturated heterocycles. The van der Waals surface area contributed by atoms with E-state index in [1.807, 2.05) is 0 Å². The fourth-order valence-electron chi connectivity index (χ4n) is 2.89. The Morgan fingerprint density at radius 3 is 3.07 bits per heavy atom. The highest BCUT2D eigenvalue weighted by Crippen LogP contribution is 2.54. The fourth-order valence-corrected chi connectivity index (χ4v) is 2.89. The Morgan fingerprint density at radius 1 is 1.50 bits per heavy atom. The number of hydrogen-bond donors (Lipinski definition) is 1. The van der Waals surface area contributed by atoms with Gasteiger partial charge in [-0.15, -0.1) is 0 Å². The predicted octanol–water partition coefficient (Wildman–Crippen LogP) is 0.579. The summed E-state index contributed by atoms with van der Waals surface area (Å²) in [6.45, 7) is 1.80. The molecule has 0 amide bonds. The van der Waals surface area contributed by atoms with Crippen LogP contribution in [0.2, 0.25) is 0 Å². The lowest BCUT2D eigenvalue weighted by Gasteiger charge is -2.39. The molecule has 4 heteroatoms. The molecule has 1 spiro atoms. The average Bonchev–Trinajstić information content (AvgIpc) is 2.50. The highest BCUT2D eigenvalue weighted by Gasteiger charge is 2.63. The minimum atomic E-state index is -0.748. The molecule has 3 rings (SSSR count). The van der Waals surface area contributed by atoms with Crippen LogP contribution in [0.25, 0.3) is 0 Å². The minimum Gasteiger partial charge on any atom is -0.433 e. The molecule has 3 aliphatic heterocycles. The van der Waals surface area contributed by atoms with Crippen LogP contribution in [0.15, 0.2) is 0 Å². The van der Waals surface area contributed by atoms with Gasteiger partial charge in [-0.25, -0.2) is 0 Å². The highest BCUT2D eigenvalue weighted by atomic mass is 16.7. The van der Waals surface area contributed by atoms with Gasteiger partial charge in [-0.3, -0.25) is 4.79 Å². The van der Waals surface area contributed by atoms with Gasteiger partial charge in [-0.1, -0.05) is 0 Å². The van der Waals surface area contributed by atoms with Gasteiger partial charge in [0.1, 0.15) is 0 Å². The Morgan fingerprint density at radius 2 is 2.29 bits per heavy atom. The fraction of sp³-hybridized carbons (Fsp3) is 0.900. The van der Waals surface area contributed by atoms with E-state index in [4.69, 9.17) is 9.47 Å². The Hall–Kier alpha value is -0.610. The van der Waals surface area contributed by atoms with Gasteiger partial charge in [0, 0.05) is 12.3 Å². The summed E-state index contributed by atoms with van der Waals surface area (Å²) in [4.78, 5) is 11.1. The van der Waals surface area contributed by atoms with E-state index in [0.29, 0.717) is 19.3 Å². The first-order valence-corrected chi connectivity index (χ1v) is 5.14. The summed E-state index contributed by atoms with van der Waals surface area (Å²) in [6.07, 6.45) is 2.33. The van der Waals surface area contributed by atoms with Crippen LogP contribution < -0.4 is 0 Å². The number of rotatable bonds is 0. The van der Waals surface area contributed by atoms with Gasteiger partial charge in [0.05, 0.1) is 18.1 Å². The second-order valence-corrected chi connectivity index (χ2v) is 4.89. The van der Waals surface area contributed by atoms with Crippen LogP contribution in [0.5, 0.6) is 0 Å². The molecule has 0 saturated carbocycles. The van der Waals surface area contributed by atoms with E-state index in [2.05, 4.69) is 0 Å². The SMILES string of the molecule is CC1(O)CCC23OC(=O)CC2CC1O3. The standard InChI is InChI=1S/C10H14O4/c1-9(12)2-3-10-6(4-7(9)13-10)5-8(11)14-10/h6-7,12H,2-5H2,1H3. The summed E-state index contributed by atoms with van der Waals surface area (Å²) in [7, 11) is 0. The van der Waals surface area contributed by atoms with Crippen LogP contribution in [-0.2, 0) is 14.3 Å². The molecular formula is C10H14O4. The molecule has 1 N–H and O–H groups in total. The van der Waals surface area contributed by atoms with Gasteiger partial charge >= 0.3 is 5.97 Å². The van der Waals surface area contributed by atoms with Crippen LogP contribution in [0, 0.1) is 5.92 Å². The first-order chi connectivity index (χ1) is 6.52. The zero-order valence-electron chi connectivity index (χ0n) is 8.16. The van der Waals surface area contributed by atoms with Crippen molar-refractivity contribution in [2.24, 2.45) is 5.92 Å². The summed E-state index contributed by atoms with van der Waals surface area (Å²) in [5.41, 5.74) is -0.748. The lowest BCUT2D eigenvalue weighted by atomic mass is 9.92. The molecule has 0 aromatic carbocycles. The zero-order chi connectivity index (χ0) is 9.97. The highest BCUT2D eigenvalue weighted by molar-refractivity contribution is 5.72. The number of fused-ring (bicyclic) bond motifs is 1. The maximum Gasteiger partial charge on any atom is 0.308 e. The molecule has 4 unspecified atom stereocenters. The smallest absolute Gasteiger partial charge is 0.308 e. The molecule has 78 valence electrons. The normalized spacial score (nSPS) is 55.7. The van der Waals surface area contributed by atoms with Crippen molar-refractivity contribution in [3.8, 4) is 0 Å². The van der Waals surface area contributed by atoms with E-state index in [-0.39, 0.29) is 18.0 Å². The van der Waals surface area contributed by atoms with Crippen LogP contribution in [-0.4, -0.2) is 28.6 Å². The molecule has 4 atom stereocenters. The van der Waals surface area contributed by atoms with Crippen molar-refractivity contribution < 1.29 is 19.4 Å². The van der Waals surface area contributed by atoms with E-state index in [0.717, 1.165) is 6.42 Å². The maximum absolute atomic E-state index is 11.1. The van der Waals surface area contributed by atoms with Crippen molar-refractivity contribution in [3.63, 3.8) is 0 Å². The number of carbonyl (C=O) groups excluding carboxylic acids is 1. The molecule has 4 nitrogen and oxygen atoms in total. The van der Waals surface area contributed by atoms with Gasteiger partial charge in [-0.05, 0) is 19.8 Å². The van der Waals surface area contributed by atoms with Crippen LogP contribution in [0.1, 0.15) is 32.6 Å². The molecule has 14 heavy (non-hydrogen) atoms. The Balaban J connectivity index is 1.92. The Kier molecular flexibility index (Phi) is 1.43. The second-order valence-electron chi connectivity index (χ2n) is 4.89. The number of hydrogen-bond acceptors (Lipinski definition) is 4. The molecule has 0 aromatic heterocycles. The number of carbonyl (C=O) groups is 1. The Bertz CT molecular complexity index is 298. The molecule has 0 aliphatic carbocycles. The Labute approximate surface area is 82.2 Å². The average molecular weight is 198 g/mol. The van der Waals surface area contributed by atoms with Crippen molar-refractivity contribution in [2.45, 2.75) is 50.1 Å². The third-order valence-electron chi connectivity index (χ3n) is 3.84. The summed E-state index contributed by atoms with van der Waals surface area (Å²) in [5.74, 6) is -0.673. The van der Waals surface area contributed by atoms with Crippen LogP contribution in [0.4, 0.5) is 0 Å². The number of ether oxygens (including phenoxy) is 2. The van der Waals surface area contributed by atoms with Gasteiger partial charge in [-0.2, -0.15) is 0 Å². The van der Waals surface area contributed by atoms with E-state index in [9.17, 15) is 9.90 Å². The van der Waals surface area contributed by atoms with Crippen molar-refractivity contribution in [1.29, 1.82) is 0 Å². The van der Waals surface area contributed by atoms with Gasteiger partial charge in [0.25, 0.3) is 0 Å². The van der Waals surface area contributed by atoms with Crippen molar-refractivity contribution in [3.05, 3.63) is 0 Å². The molecular weight excluding hydrogens is 184 g/mol. The van der Waals surface area contributed by atoms with Crippen LogP contribution in [0.3, 0.4) is 0 Å². The quantitative estimate of drug-likeness (QED) is 0.578. The lowest BCUT2D eigenvalue weighted by molar-refractivity contribution is -0.266. The zero-order valence-corrected chi connectivity index (χ0v) is 8.16. The van der Waals surface area contributed by atoms with E-state index in [1.165, 1.54) is 0 Å². The van der Waals surface area contributed by atoms with Crippen LogP contribution >= 0.6 is 0 Å². The third kappa shape index (κ3) is 0.929. The molecule has 3 fully saturated rings. The van der Waals surface area contributed by atoms with E-state index in [1.54, 1.807) is 6.92 Å². The minimum absolute atomic E-state index is 0.157.